The number of carbonyl (C=O) groups excluding carboxylic acids is 1. The number of aromatic nitrogens is 1. The quantitative estimate of drug-likeness (QED) is 0.652. The lowest BCUT2D eigenvalue weighted by Crippen LogP contribution is -2.29. The van der Waals surface area contributed by atoms with Crippen LogP contribution in [0.3, 0.4) is 0 Å². The van der Waals surface area contributed by atoms with Gasteiger partial charge in [0.05, 0.1) is 6.04 Å². The lowest BCUT2D eigenvalue weighted by molar-refractivity contribution is -0.130. The third-order valence-corrected chi connectivity index (χ3v) is 5.18. The molecule has 0 fully saturated rings. The van der Waals surface area contributed by atoms with Crippen LogP contribution in [0.5, 0.6) is 0 Å². The van der Waals surface area contributed by atoms with E-state index in [1.165, 1.54) is 0 Å². The molecule has 0 spiro atoms. The maximum absolute atomic E-state index is 12.9. The van der Waals surface area contributed by atoms with E-state index < -0.39 is 0 Å². The Kier molecular flexibility index (Phi) is 4.77. The van der Waals surface area contributed by atoms with Gasteiger partial charge in [0.25, 0.3) is 5.91 Å². The predicted octanol–water partition coefficient (Wildman–Crippen LogP) is 4.90. The summed E-state index contributed by atoms with van der Waals surface area (Å²) >= 11 is 3.46. The summed E-state index contributed by atoms with van der Waals surface area (Å²) in [5.74, 6) is -0.566. The summed E-state index contributed by atoms with van der Waals surface area (Å²) in [5, 5.41) is 10.7. The molecule has 0 saturated carbocycles. The number of halogens is 1. The van der Waals surface area contributed by atoms with Crippen molar-refractivity contribution in [2.75, 3.05) is 0 Å². The lowest BCUT2D eigenvalue weighted by Gasteiger charge is -2.27. The summed E-state index contributed by atoms with van der Waals surface area (Å²) in [5.41, 5.74) is 3.32. The third kappa shape index (κ3) is 3.38. The molecule has 1 aliphatic rings. The van der Waals surface area contributed by atoms with Crippen molar-refractivity contribution in [1.82, 2.24) is 9.88 Å². The number of aliphatic hydroxyl groups is 1. The molecule has 0 bridgehead atoms. The van der Waals surface area contributed by atoms with Crippen molar-refractivity contribution in [3.8, 4) is 0 Å². The van der Waals surface area contributed by atoms with E-state index in [4.69, 9.17) is 0 Å². The van der Waals surface area contributed by atoms with E-state index in [1.807, 2.05) is 66.7 Å². The molecule has 2 aromatic carbocycles. The second-order valence-corrected chi connectivity index (χ2v) is 7.29. The second kappa shape index (κ2) is 7.37. The summed E-state index contributed by atoms with van der Waals surface area (Å²) in [6.45, 7) is 0.369. The van der Waals surface area contributed by atoms with Crippen molar-refractivity contribution < 1.29 is 9.90 Å². The zero-order chi connectivity index (χ0) is 18.8. The van der Waals surface area contributed by atoms with Crippen LogP contribution < -0.4 is 0 Å². The molecule has 1 aromatic heterocycles. The molecule has 134 valence electrons. The largest absolute Gasteiger partial charge is 0.503 e. The molecule has 1 atom stereocenters. The Hall–Kier alpha value is -2.92. The average Bonchev–Trinajstić information content (AvgIpc) is 2.95. The van der Waals surface area contributed by atoms with Crippen LogP contribution in [-0.4, -0.2) is 20.9 Å². The fourth-order valence-electron chi connectivity index (χ4n) is 3.41. The molecule has 27 heavy (non-hydrogen) atoms. The summed E-state index contributed by atoms with van der Waals surface area (Å²) in [4.78, 5) is 18.8. The van der Waals surface area contributed by atoms with Gasteiger partial charge < -0.3 is 10.0 Å². The van der Waals surface area contributed by atoms with Crippen molar-refractivity contribution in [3.63, 3.8) is 0 Å². The fraction of sp³-hybridized carbons (Fsp3) is 0.0909. The maximum atomic E-state index is 12.9. The molecule has 0 aliphatic carbocycles. The van der Waals surface area contributed by atoms with Gasteiger partial charge in [0.2, 0.25) is 0 Å². The third-order valence-electron chi connectivity index (χ3n) is 4.65. The van der Waals surface area contributed by atoms with E-state index in [1.54, 1.807) is 17.3 Å². The number of rotatable bonds is 4. The number of hydrogen-bond acceptors (Lipinski definition) is 3. The van der Waals surface area contributed by atoms with Gasteiger partial charge in [-0.05, 0) is 34.9 Å². The van der Waals surface area contributed by atoms with Gasteiger partial charge in [0, 0.05) is 29.0 Å². The number of aliphatic hydroxyl groups excluding tert-OH is 1. The van der Waals surface area contributed by atoms with Gasteiger partial charge in [-0.1, -0.05) is 64.5 Å². The Labute approximate surface area is 165 Å². The van der Waals surface area contributed by atoms with Gasteiger partial charge in [0.15, 0.2) is 5.76 Å². The smallest absolute Gasteiger partial charge is 0.290 e. The van der Waals surface area contributed by atoms with Gasteiger partial charge in [-0.3, -0.25) is 9.78 Å². The first-order valence-electron chi connectivity index (χ1n) is 8.59. The summed E-state index contributed by atoms with van der Waals surface area (Å²) in [6, 6.07) is 20.8. The molecular weight excluding hydrogens is 404 g/mol. The van der Waals surface area contributed by atoms with Gasteiger partial charge >= 0.3 is 0 Å². The van der Waals surface area contributed by atoms with Crippen LogP contribution in [0.1, 0.15) is 22.7 Å². The van der Waals surface area contributed by atoms with Crippen molar-refractivity contribution in [2.24, 2.45) is 0 Å². The van der Waals surface area contributed by atoms with Crippen LogP contribution >= 0.6 is 15.9 Å². The SMILES string of the molecule is O=C1C(O)=C(c2ccccc2)[C@@H](c2ccc(Br)cc2)N1Cc1cccnc1. The molecule has 5 heteroatoms. The predicted molar refractivity (Wildman–Crippen MR) is 108 cm³/mol. The van der Waals surface area contributed by atoms with Crippen molar-refractivity contribution in [3.05, 3.63) is 106 Å². The summed E-state index contributed by atoms with van der Waals surface area (Å²) in [7, 11) is 0. The molecule has 1 amide bonds. The first-order valence-corrected chi connectivity index (χ1v) is 9.38. The van der Waals surface area contributed by atoms with E-state index in [0.29, 0.717) is 12.1 Å². The highest BCUT2D eigenvalue weighted by Crippen LogP contribution is 2.43. The highest BCUT2D eigenvalue weighted by Gasteiger charge is 2.40. The number of carbonyl (C=O) groups is 1. The monoisotopic (exact) mass is 420 g/mol. The van der Waals surface area contributed by atoms with E-state index in [9.17, 15) is 9.90 Å². The van der Waals surface area contributed by atoms with Crippen LogP contribution in [0.4, 0.5) is 0 Å². The molecule has 0 unspecified atom stereocenters. The number of nitrogens with zero attached hydrogens (tertiary/aromatic N) is 2. The first-order chi connectivity index (χ1) is 13.1. The second-order valence-electron chi connectivity index (χ2n) is 6.38. The highest BCUT2D eigenvalue weighted by molar-refractivity contribution is 9.10. The summed E-state index contributed by atoms with van der Waals surface area (Å²) < 4.78 is 0.962. The number of amides is 1. The molecule has 0 radical (unpaired) electrons. The molecule has 4 rings (SSSR count). The van der Waals surface area contributed by atoms with Crippen molar-refractivity contribution >= 4 is 27.4 Å². The van der Waals surface area contributed by atoms with E-state index >= 15 is 0 Å². The molecule has 2 heterocycles. The zero-order valence-electron chi connectivity index (χ0n) is 14.4. The Morgan fingerprint density at radius 2 is 1.74 bits per heavy atom. The molecule has 3 aromatic rings. The zero-order valence-corrected chi connectivity index (χ0v) is 16.0. The van der Waals surface area contributed by atoms with Crippen molar-refractivity contribution in [1.29, 1.82) is 0 Å². The Morgan fingerprint density at radius 3 is 2.41 bits per heavy atom. The molecule has 1 aliphatic heterocycles. The Balaban J connectivity index is 1.81. The van der Waals surface area contributed by atoms with Gasteiger partial charge in [-0.25, -0.2) is 0 Å². The van der Waals surface area contributed by atoms with Crippen LogP contribution in [-0.2, 0) is 11.3 Å². The molecule has 0 saturated heterocycles. The molecule has 4 nitrogen and oxygen atoms in total. The van der Waals surface area contributed by atoms with Crippen LogP contribution in [0.2, 0.25) is 0 Å². The first kappa shape index (κ1) is 17.5. The maximum Gasteiger partial charge on any atom is 0.290 e. The summed E-state index contributed by atoms with van der Waals surface area (Å²) in [6.07, 6.45) is 3.44. The minimum Gasteiger partial charge on any atom is -0.503 e. The van der Waals surface area contributed by atoms with E-state index in [2.05, 4.69) is 20.9 Å². The lowest BCUT2D eigenvalue weighted by atomic mass is 9.93. The minimum atomic E-state index is -0.370. The van der Waals surface area contributed by atoms with Crippen molar-refractivity contribution in [2.45, 2.75) is 12.6 Å². The van der Waals surface area contributed by atoms with E-state index in [0.717, 1.165) is 21.2 Å². The van der Waals surface area contributed by atoms with Crippen LogP contribution in [0.15, 0.2) is 89.4 Å². The Morgan fingerprint density at radius 1 is 1.00 bits per heavy atom. The Bertz CT molecular complexity index is 986. The molecular formula is C22H17BrN2O2. The standard InChI is InChI=1S/C22H17BrN2O2/c23-18-10-8-17(9-11-18)20-19(16-6-2-1-3-7-16)21(26)22(27)25(20)14-15-5-4-12-24-13-15/h1-13,20,26H,14H2/t20-/m1/s1. The van der Waals surface area contributed by atoms with Gasteiger partial charge in [0.1, 0.15) is 0 Å². The average molecular weight is 421 g/mol. The number of benzene rings is 2. The highest BCUT2D eigenvalue weighted by atomic mass is 79.9. The van der Waals surface area contributed by atoms with E-state index in [-0.39, 0.29) is 17.7 Å². The van der Waals surface area contributed by atoms with Crippen LogP contribution in [0, 0.1) is 0 Å². The molecule has 1 N–H and O–H groups in total. The number of hydrogen-bond donors (Lipinski definition) is 1. The fourth-order valence-corrected chi connectivity index (χ4v) is 3.67. The topological polar surface area (TPSA) is 53.4 Å². The normalized spacial score (nSPS) is 16.9. The minimum absolute atomic E-state index is 0.196. The van der Waals surface area contributed by atoms with Gasteiger partial charge in [-0.15, -0.1) is 0 Å². The number of pyridine rings is 1. The van der Waals surface area contributed by atoms with Crippen LogP contribution in [0.25, 0.3) is 5.57 Å². The van der Waals surface area contributed by atoms with Gasteiger partial charge in [-0.2, -0.15) is 0 Å².